The van der Waals surface area contributed by atoms with Crippen molar-refractivity contribution in [2.45, 2.75) is 6.61 Å². The molecule has 3 aromatic rings. The third kappa shape index (κ3) is 4.60. The molecule has 0 amide bonds. The van der Waals surface area contributed by atoms with Crippen molar-refractivity contribution in [3.8, 4) is 11.5 Å². The summed E-state index contributed by atoms with van der Waals surface area (Å²) in [5.41, 5.74) is 5.20. The van der Waals surface area contributed by atoms with E-state index in [-0.39, 0.29) is 12.4 Å². The second kappa shape index (κ2) is 8.67. The smallest absolute Gasteiger partial charge is 0.161 e. The molecule has 0 aliphatic rings. The largest absolute Gasteiger partial charge is 0.493 e. The summed E-state index contributed by atoms with van der Waals surface area (Å²) in [6.45, 7) is 0.131. The Morgan fingerprint density at radius 3 is 2.50 bits per heavy atom. The van der Waals surface area contributed by atoms with Gasteiger partial charge in [-0.05, 0) is 42.0 Å². The zero-order chi connectivity index (χ0) is 18.2. The van der Waals surface area contributed by atoms with E-state index in [4.69, 9.17) is 9.47 Å². The number of hydrogen-bond acceptors (Lipinski definition) is 4. The molecule has 132 valence electrons. The fourth-order valence-corrected chi connectivity index (χ4v) is 2.35. The average Bonchev–Trinajstić information content (AvgIpc) is 2.68. The van der Waals surface area contributed by atoms with E-state index in [0.717, 1.165) is 11.3 Å². The number of hydrazone groups is 1. The first-order chi connectivity index (χ1) is 12.8. The molecule has 1 N–H and O–H groups in total. The highest BCUT2D eigenvalue weighted by Crippen LogP contribution is 2.28. The maximum atomic E-state index is 13.7. The molecule has 0 aliphatic carbocycles. The summed E-state index contributed by atoms with van der Waals surface area (Å²) in [5, 5.41) is 4.20. The molecule has 0 radical (unpaired) electrons. The lowest BCUT2D eigenvalue weighted by Crippen LogP contribution is -2.00. The Morgan fingerprint density at radius 1 is 0.962 bits per heavy atom. The SMILES string of the molecule is COc1cc(/C=N/Nc2ccccc2)ccc1OCc1ccccc1F. The van der Waals surface area contributed by atoms with Crippen LogP contribution in [0.15, 0.2) is 77.9 Å². The fourth-order valence-electron chi connectivity index (χ4n) is 2.35. The van der Waals surface area contributed by atoms with Crippen molar-refractivity contribution in [3.05, 3.63) is 89.7 Å². The van der Waals surface area contributed by atoms with Crippen molar-refractivity contribution in [2.24, 2.45) is 5.10 Å². The minimum Gasteiger partial charge on any atom is -0.493 e. The molecular weight excluding hydrogens is 331 g/mol. The van der Waals surface area contributed by atoms with Gasteiger partial charge in [0.05, 0.1) is 19.0 Å². The Morgan fingerprint density at radius 2 is 1.73 bits per heavy atom. The quantitative estimate of drug-likeness (QED) is 0.489. The van der Waals surface area contributed by atoms with E-state index in [0.29, 0.717) is 17.1 Å². The topological polar surface area (TPSA) is 42.8 Å². The van der Waals surface area contributed by atoms with Gasteiger partial charge < -0.3 is 9.47 Å². The normalized spacial score (nSPS) is 10.7. The Kier molecular flexibility index (Phi) is 5.83. The number of nitrogens with zero attached hydrogens (tertiary/aromatic N) is 1. The van der Waals surface area contributed by atoms with Crippen LogP contribution in [0.25, 0.3) is 0 Å². The zero-order valence-corrected chi connectivity index (χ0v) is 14.4. The molecular formula is C21H19FN2O2. The second-order valence-corrected chi connectivity index (χ2v) is 5.53. The van der Waals surface area contributed by atoms with E-state index < -0.39 is 0 Å². The van der Waals surface area contributed by atoms with Crippen molar-refractivity contribution in [1.29, 1.82) is 0 Å². The van der Waals surface area contributed by atoms with E-state index >= 15 is 0 Å². The van der Waals surface area contributed by atoms with Gasteiger partial charge in [-0.25, -0.2) is 4.39 Å². The van der Waals surface area contributed by atoms with Gasteiger partial charge in [0.15, 0.2) is 11.5 Å². The maximum absolute atomic E-state index is 13.7. The van der Waals surface area contributed by atoms with Crippen LogP contribution in [-0.2, 0) is 6.61 Å². The van der Waals surface area contributed by atoms with Gasteiger partial charge in [0, 0.05) is 5.56 Å². The van der Waals surface area contributed by atoms with Crippen LogP contribution in [-0.4, -0.2) is 13.3 Å². The van der Waals surface area contributed by atoms with E-state index in [1.54, 1.807) is 37.6 Å². The lowest BCUT2D eigenvalue weighted by molar-refractivity contribution is 0.279. The van der Waals surface area contributed by atoms with Crippen LogP contribution < -0.4 is 14.9 Å². The van der Waals surface area contributed by atoms with Crippen LogP contribution in [0.4, 0.5) is 10.1 Å². The van der Waals surface area contributed by atoms with E-state index in [9.17, 15) is 4.39 Å². The van der Waals surface area contributed by atoms with Crippen molar-refractivity contribution >= 4 is 11.9 Å². The fraction of sp³-hybridized carbons (Fsp3) is 0.0952. The van der Waals surface area contributed by atoms with Gasteiger partial charge in [-0.3, -0.25) is 5.43 Å². The number of halogens is 1. The van der Waals surface area contributed by atoms with E-state index in [1.165, 1.54) is 6.07 Å². The van der Waals surface area contributed by atoms with Gasteiger partial charge >= 0.3 is 0 Å². The van der Waals surface area contributed by atoms with Crippen molar-refractivity contribution in [1.82, 2.24) is 0 Å². The third-order valence-electron chi connectivity index (χ3n) is 3.71. The number of methoxy groups -OCH3 is 1. The standard InChI is InChI=1S/C21H19FN2O2/c1-25-21-13-16(14-23-24-18-8-3-2-4-9-18)11-12-20(21)26-15-17-7-5-6-10-19(17)22/h2-14,24H,15H2,1H3/b23-14+. The van der Waals surface area contributed by atoms with Gasteiger partial charge in [-0.15, -0.1) is 0 Å². The predicted molar refractivity (Wildman–Crippen MR) is 101 cm³/mol. The molecule has 0 bridgehead atoms. The lowest BCUT2D eigenvalue weighted by Gasteiger charge is -2.11. The molecule has 0 unspecified atom stereocenters. The van der Waals surface area contributed by atoms with Crippen molar-refractivity contribution in [3.63, 3.8) is 0 Å². The summed E-state index contributed by atoms with van der Waals surface area (Å²) in [6.07, 6.45) is 1.69. The molecule has 4 nitrogen and oxygen atoms in total. The van der Waals surface area contributed by atoms with Crippen LogP contribution in [0, 0.1) is 5.82 Å². The Hall–Kier alpha value is -3.34. The van der Waals surface area contributed by atoms with Gasteiger partial charge in [-0.2, -0.15) is 5.10 Å². The summed E-state index contributed by atoms with van der Waals surface area (Å²) in [7, 11) is 1.56. The zero-order valence-electron chi connectivity index (χ0n) is 14.4. The maximum Gasteiger partial charge on any atom is 0.161 e. The molecule has 0 saturated carbocycles. The van der Waals surface area contributed by atoms with Crippen molar-refractivity contribution < 1.29 is 13.9 Å². The minimum absolute atomic E-state index is 0.131. The van der Waals surface area contributed by atoms with E-state index in [1.807, 2.05) is 42.5 Å². The number of benzene rings is 3. The Bertz CT molecular complexity index is 882. The molecule has 0 atom stereocenters. The molecule has 0 aromatic heterocycles. The predicted octanol–water partition coefficient (Wildman–Crippen LogP) is 4.86. The first kappa shape index (κ1) is 17.5. The molecule has 0 spiro atoms. The minimum atomic E-state index is -0.290. The molecule has 3 rings (SSSR count). The molecule has 3 aromatic carbocycles. The van der Waals surface area contributed by atoms with E-state index in [2.05, 4.69) is 10.5 Å². The number of hydrogen-bond donors (Lipinski definition) is 1. The summed E-state index contributed by atoms with van der Waals surface area (Å²) in [5.74, 6) is 0.816. The highest BCUT2D eigenvalue weighted by atomic mass is 19.1. The second-order valence-electron chi connectivity index (χ2n) is 5.53. The Balaban J connectivity index is 1.66. The molecule has 26 heavy (non-hydrogen) atoms. The third-order valence-corrected chi connectivity index (χ3v) is 3.71. The number of rotatable bonds is 7. The molecule has 5 heteroatoms. The van der Waals surface area contributed by atoms with Crippen LogP contribution in [0.5, 0.6) is 11.5 Å². The summed E-state index contributed by atoms with van der Waals surface area (Å²) >= 11 is 0. The Labute approximate surface area is 151 Å². The highest BCUT2D eigenvalue weighted by molar-refractivity contribution is 5.81. The molecule has 0 heterocycles. The first-order valence-corrected chi connectivity index (χ1v) is 8.14. The van der Waals surface area contributed by atoms with Crippen LogP contribution in [0.1, 0.15) is 11.1 Å². The highest BCUT2D eigenvalue weighted by Gasteiger charge is 2.07. The summed E-state index contributed by atoms with van der Waals surface area (Å²) < 4.78 is 24.7. The van der Waals surface area contributed by atoms with Crippen LogP contribution >= 0.6 is 0 Å². The molecule has 0 saturated heterocycles. The first-order valence-electron chi connectivity index (χ1n) is 8.14. The summed E-state index contributed by atoms with van der Waals surface area (Å²) in [4.78, 5) is 0. The summed E-state index contributed by atoms with van der Waals surface area (Å²) in [6, 6.07) is 21.6. The van der Waals surface area contributed by atoms with Gasteiger partial charge in [0.2, 0.25) is 0 Å². The molecule has 0 fully saturated rings. The van der Waals surface area contributed by atoms with Crippen LogP contribution in [0.2, 0.25) is 0 Å². The average molecular weight is 350 g/mol. The van der Waals surface area contributed by atoms with Crippen LogP contribution in [0.3, 0.4) is 0 Å². The van der Waals surface area contributed by atoms with Crippen molar-refractivity contribution in [2.75, 3.05) is 12.5 Å². The lowest BCUT2D eigenvalue weighted by atomic mass is 10.2. The van der Waals surface area contributed by atoms with Gasteiger partial charge in [-0.1, -0.05) is 36.4 Å². The number of para-hydroxylation sites is 1. The van der Waals surface area contributed by atoms with Gasteiger partial charge in [0.1, 0.15) is 12.4 Å². The number of anilines is 1. The molecule has 0 aliphatic heterocycles. The number of ether oxygens (including phenoxy) is 2. The number of nitrogens with one attached hydrogen (secondary N) is 1. The monoisotopic (exact) mass is 350 g/mol. The van der Waals surface area contributed by atoms with Gasteiger partial charge in [0.25, 0.3) is 0 Å².